The van der Waals surface area contributed by atoms with Gasteiger partial charge in [0.05, 0.1) is 13.5 Å². The lowest BCUT2D eigenvalue weighted by Gasteiger charge is -2.35. The minimum absolute atomic E-state index is 0.0381. The number of rotatable bonds is 8. The number of hydrogen-bond donors (Lipinski definition) is 0. The van der Waals surface area contributed by atoms with Crippen LogP contribution in [0.4, 0.5) is 0 Å². The van der Waals surface area contributed by atoms with Crippen LogP contribution in [0.25, 0.3) is 0 Å². The van der Waals surface area contributed by atoms with Gasteiger partial charge in [-0.05, 0) is 40.0 Å². The van der Waals surface area contributed by atoms with Crippen LogP contribution in [0, 0.1) is 0 Å². The number of amides is 1. The van der Waals surface area contributed by atoms with E-state index in [9.17, 15) is 14.4 Å². The Hall–Kier alpha value is -1.85. The fourth-order valence-electron chi connectivity index (χ4n) is 3.14. The first-order valence-electron chi connectivity index (χ1n) is 8.91. The molecule has 0 radical (unpaired) electrons. The summed E-state index contributed by atoms with van der Waals surface area (Å²) in [5.74, 6) is -1.24. The van der Waals surface area contributed by atoms with Crippen LogP contribution >= 0.6 is 0 Å². The van der Waals surface area contributed by atoms with Crippen LogP contribution in [0.15, 0.2) is 12.7 Å². The first-order chi connectivity index (χ1) is 11.7. The number of methoxy groups -OCH3 is 1. The molecule has 142 valence electrons. The molecular weight excluding hydrogens is 322 g/mol. The molecule has 6 heteroatoms. The molecule has 1 atom stereocenters. The Balaban J connectivity index is 3.02. The monoisotopic (exact) mass is 353 g/mol. The maximum Gasteiger partial charge on any atom is 0.329 e. The van der Waals surface area contributed by atoms with Crippen molar-refractivity contribution in [3.8, 4) is 0 Å². The highest BCUT2D eigenvalue weighted by Crippen LogP contribution is 2.28. The Morgan fingerprint density at radius 1 is 1.24 bits per heavy atom. The van der Waals surface area contributed by atoms with Gasteiger partial charge in [0, 0.05) is 12.5 Å². The molecule has 1 unspecified atom stereocenters. The lowest BCUT2D eigenvalue weighted by Crippen LogP contribution is -2.51. The van der Waals surface area contributed by atoms with Gasteiger partial charge in [-0.15, -0.1) is 6.58 Å². The smallest absolute Gasteiger partial charge is 0.329 e. The highest BCUT2D eigenvalue weighted by atomic mass is 16.6. The van der Waals surface area contributed by atoms with E-state index in [-0.39, 0.29) is 24.8 Å². The molecular formula is C19H31NO5. The molecule has 0 bridgehead atoms. The van der Waals surface area contributed by atoms with Gasteiger partial charge in [0.25, 0.3) is 0 Å². The third-order valence-electron chi connectivity index (χ3n) is 4.16. The molecule has 0 aromatic carbocycles. The Bertz CT molecular complexity index is 489. The van der Waals surface area contributed by atoms with Gasteiger partial charge >= 0.3 is 11.9 Å². The number of ether oxygens (including phenoxy) is 2. The van der Waals surface area contributed by atoms with Crippen molar-refractivity contribution in [3.63, 3.8) is 0 Å². The Morgan fingerprint density at radius 2 is 1.84 bits per heavy atom. The summed E-state index contributed by atoms with van der Waals surface area (Å²) in [5.41, 5.74) is -0.650. The van der Waals surface area contributed by atoms with Gasteiger partial charge < -0.3 is 14.4 Å². The molecule has 1 amide bonds. The number of nitrogens with zero attached hydrogens (tertiary/aromatic N) is 1. The van der Waals surface area contributed by atoms with Crippen molar-refractivity contribution >= 4 is 17.8 Å². The molecule has 0 spiro atoms. The van der Waals surface area contributed by atoms with Crippen LogP contribution in [0.2, 0.25) is 0 Å². The lowest BCUT2D eigenvalue weighted by atomic mass is 10.1. The highest BCUT2D eigenvalue weighted by Gasteiger charge is 2.38. The fraction of sp³-hybridized carbons (Fsp3) is 0.737. The molecule has 1 saturated carbocycles. The van der Waals surface area contributed by atoms with Crippen LogP contribution in [-0.2, 0) is 23.9 Å². The normalized spacial score (nSPS) is 16.2. The van der Waals surface area contributed by atoms with E-state index in [0.29, 0.717) is 6.42 Å². The molecule has 6 nitrogen and oxygen atoms in total. The summed E-state index contributed by atoms with van der Waals surface area (Å²) in [6.07, 6.45) is 5.96. The van der Waals surface area contributed by atoms with Crippen molar-refractivity contribution in [1.29, 1.82) is 0 Å². The highest BCUT2D eigenvalue weighted by molar-refractivity contribution is 5.88. The molecule has 0 aliphatic heterocycles. The zero-order valence-corrected chi connectivity index (χ0v) is 15.9. The van der Waals surface area contributed by atoms with E-state index in [1.165, 1.54) is 7.11 Å². The quantitative estimate of drug-likeness (QED) is 0.495. The van der Waals surface area contributed by atoms with Gasteiger partial charge in [-0.1, -0.05) is 18.9 Å². The molecule has 0 aromatic heterocycles. The Morgan fingerprint density at radius 3 is 2.32 bits per heavy atom. The summed E-state index contributed by atoms with van der Waals surface area (Å²) in [5, 5.41) is 0. The van der Waals surface area contributed by atoms with E-state index in [1.807, 2.05) is 0 Å². The van der Waals surface area contributed by atoms with E-state index >= 15 is 0 Å². The first-order valence-corrected chi connectivity index (χ1v) is 8.91. The van der Waals surface area contributed by atoms with Gasteiger partial charge in [-0.25, -0.2) is 4.79 Å². The average Bonchev–Trinajstić information content (AvgIpc) is 3.03. The summed E-state index contributed by atoms with van der Waals surface area (Å²) >= 11 is 0. The van der Waals surface area contributed by atoms with Crippen LogP contribution in [0.5, 0.6) is 0 Å². The molecule has 0 aromatic rings. The minimum Gasteiger partial charge on any atom is -0.467 e. The van der Waals surface area contributed by atoms with Gasteiger partial charge in [0.1, 0.15) is 11.6 Å². The third kappa shape index (κ3) is 6.88. The number of hydrogen-bond acceptors (Lipinski definition) is 5. The maximum absolute atomic E-state index is 12.7. The molecule has 1 rings (SSSR count). The van der Waals surface area contributed by atoms with Crippen LogP contribution < -0.4 is 0 Å². The van der Waals surface area contributed by atoms with Gasteiger partial charge in [-0.3, -0.25) is 9.59 Å². The Labute approximate surface area is 150 Å². The summed E-state index contributed by atoms with van der Waals surface area (Å²) in [6.45, 7) is 8.94. The minimum atomic E-state index is -0.944. The van der Waals surface area contributed by atoms with Crippen LogP contribution in [0.3, 0.4) is 0 Å². The van der Waals surface area contributed by atoms with Crippen molar-refractivity contribution in [2.45, 2.75) is 83.4 Å². The van der Waals surface area contributed by atoms with Crippen molar-refractivity contribution in [1.82, 2.24) is 4.90 Å². The third-order valence-corrected chi connectivity index (χ3v) is 4.16. The number of allylic oxidation sites excluding steroid dienone is 1. The first kappa shape index (κ1) is 21.2. The summed E-state index contributed by atoms with van der Waals surface area (Å²) in [7, 11) is 1.27. The summed E-state index contributed by atoms with van der Waals surface area (Å²) in [4.78, 5) is 38.9. The standard InChI is InChI=1S/C19H31NO5/c1-6-7-12-16(21)20(14-10-8-9-11-14)15(18(23)24-5)13-17(22)25-19(2,3)4/h6,14-15H,1,7-13H2,2-5H3. The van der Waals surface area contributed by atoms with Gasteiger partial charge in [0.2, 0.25) is 5.91 Å². The van der Waals surface area contributed by atoms with E-state index in [1.54, 1.807) is 31.7 Å². The average molecular weight is 353 g/mol. The van der Waals surface area contributed by atoms with E-state index in [2.05, 4.69) is 6.58 Å². The number of carbonyl (C=O) groups is 3. The zero-order valence-electron chi connectivity index (χ0n) is 15.9. The molecule has 1 aliphatic rings. The number of carbonyl (C=O) groups excluding carboxylic acids is 3. The Kier molecular flexibility index (Phi) is 8.13. The SMILES string of the molecule is C=CCCC(=O)N(C1CCCC1)C(CC(=O)OC(C)(C)C)C(=O)OC. The van der Waals surface area contributed by atoms with Gasteiger partial charge in [0.15, 0.2) is 0 Å². The summed E-state index contributed by atoms with van der Waals surface area (Å²) in [6, 6.07) is -0.982. The topological polar surface area (TPSA) is 72.9 Å². The van der Waals surface area contributed by atoms with Crippen LogP contribution in [0.1, 0.15) is 65.7 Å². The lowest BCUT2D eigenvalue weighted by molar-refractivity contribution is -0.164. The molecule has 1 aliphatic carbocycles. The van der Waals surface area contributed by atoms with Crippen molar-refractivity contribution in [3.05, 3.63) is 12.7 Å². The van der Waals surface area contributed by atoms with Crippen molar-refractivity contribution in [2.75, 3.05) is 7.11 Å². The van der Waals surface area contributed by atoms with Crippen molar-refractivity contribution in [2.24, 2.45) is 0 Å². The van der Waals surface area contributed by atoms with Crippen molar-refractivity contribution < 1.29 is 23.9 Å². The zero-order chi connectivity index (χ0) is 19.0. The van der Waals surface area contributed by atoms with E-state index < -0.39 is 23.6 Å². The largest absolute Gasteiger partial charge is 0.467 e. The van der Waals surface area contributed by atoms with Gasteiger partial charge in [-0.2, -0.15) is 0 Å². The molecule has 0 saturated heterocycles. The van der Waals surface area contributed by atoms with E-state index in [4.69, 9.17) is 9.47 Å². The molecule has 0 N–H and O–H groups in total. The predicted octanol–water partition coefficient (Wildman–Crippen LogP) is 3.00. The molecule has 0 heterocycles. The molecule has 1 fully saturated rings. The molecule has 25 heavy (non-hydrogen) atoms. The van der Waals surface area contributed by atoms with Crippen LogP contribution in [-0.4, -0.2) is 47.5 Å². The second-order valence-corrected chi connectivity index (χ2v) is 7.40. The second-order valence-electron chi connectivity index (χ2n) is 7.40. The fourth-order valence-corrected chi connectivity index (χ4v) is 3.14. The predicted molar refractivity (Wildman–Crippen MR) is 94.8 cm³/mol. The summed E-state index contributed by atoms with van der Waals surface area (Å²) < 4.78 is 10.2. The number of esters is 2. The second kappa shape index (κ2) is 9.59. The van der Waals surface area contributed by atoms with E-state index in [0.717, 1.165) is 25.7 Å². The maximum atomic E-state index is 12.7.